The summed E-state index contributed by atoms with van der Waals surface area (Å²) in [6, 6.07) is 7.74. The van der Waals surface area contributed by atoms with Gasteiger partial charge in [-0.1, -0.05) is 13.8 Å². The predicted octanol–water partition coefficient (Wildman–Crippen LogP) is 5.59. The van der Waals surface area contributed by atoms with E-state index in [9.17, 15) is 0 Å². The van der Waals surface area contributed by atoms with E-state index >= 15 is 0 Å². The van der Waals surface area contributed by atoms with Crippen molar-refractivity contribution in [3.8, 4) is 11.8 Å². The monoisotopic (exact) mass is 418 g/mol. The quantitative estimate of drug-likeness (QED) is 0.419. The van der Waals surface area contributed by atoms with Crippen molar-refractivity contribution in [3.05, 3.63) is 47.8 Å². The van der Waals surface area contributed by atoms with Gasteiger partial charge in [0, 0.05) is 31.1 Å². The van der Waals surface area contributed by atoms with Crippen LogP contribution in [0.5, 0.6) is 11.8 Å². The Labute approximate surface area is 181 Å². The van der Waals surface area contributed by atoms with Crippen molar-refractivity contribution in [2.75, 3.05) is 13.2 Å². The normalized spacial score (nSPS) is 10.7. The van der Waals surface area contributed by atoms with Crippen molar-refractivity contribution >= 4 is 0 Å². The summed E-state index contributed by atoms with van der Waals surface area (Å²) in [4.78, 5) is 8.39. The topological polar surface area (TPSA) is 62.7 Å². The van der Waals surface area contributed by atoms with Gasteiger partial charge in [0.15, 0.2) is 0 Å². The highest BCUT2D eigenvalue weighted by Gasteiger charge is 2.00. The fourth-order valence-corrected chi connectivity index (χ4v) is 2.19. The van der Waals surface area contributed by atoms with Gasteiger partial charge in [0.25, 0.3) is 0 Å². The van der Waals surface area contributed by atoms with Gasteiger partial charge in [0.2, 0.25) is 11.8 Å². The number of rotatable bonds is 12. The molecule has 6 nitrogen and oxygen atoms in total. The molecule has 0 aliphatic heterocycles. The van der Waals surface area contributed by atoms with Crippen molar-refractivity contribution in [1.82, 2.24) is 9.97 Å². The molecule has 0 saturated heterocycles. The summed E-state index contributed by atoms with van der Waals surface area (Å²) in [5.41, 5.74) is 2.16. The van der Waals surface area contributed by atoms with Gasteiger partial charge in [0.1, 0.15) is 0 Å². The molecule has 2 heterocycles. The second-order valence-corrected chi connectivity index (χ2v) is 7.44. The fraction of sp³-hybridized carbons (Fsp3) is 0.583. The molecule has 0 aliphatic carbocycles. The Balaban J connectivity index is 0.000000300. The largest absolute Gasteiger partial charge is 0.478 e. The van der Waals surface area contributed by atoms with E-state index in [1.165, 1.54) is 0 Å². The van der Waals surface area contributed by atoms with Crippen molar-refractivity contribution < 1.29 is 18.9 Å². The van der Waals surface area contributed by atoms with Gasteiger partial charge >= 0.3 is 0 Å². The summed E-state index contributed by atoms with van der Waals surface area (Å²) < 4.78 is 21.7. The molecule has 0 radical (unpaired) electrons. The molecule has 0 atom stereocenters. The molecule has 2 aromatic rings. The number of ether oxygens (including phenoxy) is 4. The Morgan fingerprint density at radius 2 is 1.33 bits per heavy atom. The van der Waals surface area contributed by atoms with Crippen molar-refractivity contribution in [2.45, 2.75) is 79.8 Å². The lowest BCUT2D eigenvalue weighted by atomic mass is 10.3. The van der Waals surface area contributed by atoms with Crippen LogP contribution in [0.15, 0.2) is 36.7 Å². The zero-order valence-electron chi connectivity index (χ0n) is 19.4. The fourth-order valence-electron chi connectivity index (χ4n) is 2.19. The molecule has 0 unspecified atom stereocenters. The second-order valence-electron chi connectivity index (χ2n) is 7.44. The molecule has 0 saturated carbocycles. The van der Waals surface area contributed by atoms with Gasteiger partial charge < -0.3 is 18.9 Å². The molecular weight excluding hydrogens is 380 g/mol. The van der Waals surface area contributed by atoms with Crippen LogP contribution >= 0.6 is 0 Å². The lowest BCUT2D eigenvalue weighted by Crippen LogP contribution is -2.07. The van der Waals surface area contributed by atoms with E-state index in [4.69, 9.17) is 18.9 Å². The van der Waals surface area contributed by atoms with Crippen LogP contribution in [-0.4, -0.2) is 35.4 Å². The second kappa shape index (κ2) is 15.6. The number of hydrogen-bond donors (Lipinski definition) is 0. The molecule has 0 spiro atoms. The Hall–Kier alpha value is -2.18. The van der Waals surface area contributed by atoms with Gasteiger partial charge in [0.05, 0.1) is 32.0 Å². The van der Waals surface area contributed by atoms with Crippen LogP contribution < -0.4 is 9.47 Å². The summed E-state index contributed by atoms with van der Waals surface area (Å²) in [5, 5.41) is 0. The van der Waals surface area contributed by atoms with Crippen LogP contribution in [0.1, 0.15) is 65.5 Å². The molecule has 0 aromatic carbocycles. The first-order valence-electron chi connectivity index (χ1n) is 10.8. The van der Waals surface area contributed by atoms with Crippen LogP contribution in [0.4, 0.5) is 0 Å². The predicted molar refractivity (Wildman–Crippen MR) is 120 cm³/mol. The van der Waals surface area contributed by atoms with Crippen LogP contribution in [0, 0.1) is 0 Å². The van der Waals surface area contributed by atoms with E-state index in [-0.39, 0.29) is 12.2 Å². The lowest BCUT2D eigenvalue weighted by molar-refractivity contribution is 0.0654. The Morgan fingerprint density at radius 1 is 0.733 bits per heavy atom. The highest BCUT2D eigenvalue weighted by atomic mass is 16.5. The average Bonchev–Trinajstić information content (AvgIpc) is 2.73. The summed E-state index contributed by atoms with van der Waals surface area (Å²) in [7, 11) is 0. The molecule has 0 bridgehead atoms. The zero-order valence-corrected chi connectivity index (χ0v) is 19.4. The number of aromatic nitrogens is 2. The van der Waals surface area contributed by atoms with Gasteiger partial charge in [-0.25, -0.2) is 9.97 Å². The molecule has 0 fully saturated rings. The van der Waals surface area contributed by atoms with Gasteiger partial charge in [-0.05, 0) is 63.8 Å². The first-order chi connectivity index (χ1) is 14.4. The van der Waals surface area contributed by atoms with Crippen molar-refractivity contribution in [3.63, 3.8) is 0 Å². The van der Waals surface area contributed by atoms with Crippen LogP contribution in [0.25, 0.3) is 0 Å². The minimum Gasteiger partial charge on any atom is -0.478 e. The molecule has 0 N–H and O–H groups in total. The summed E-state index contributed by atoms with van der Waals surface area (Å²) >= 11 is 0. The molecule has 168 valence electrons. The molecule has 30 heavy (non-hydrogen) atoms. The van der Waals surface area contributed by atoms with Crippen LogP contribution in [0.2, 0.25) is 0 Å². The smallest absolute Gasteiger partial charge is 0.213 e. The lowest BCUT2D eigenvalue weighted by Gasteiger charge is -2.10. The van der Waals surface area contributed by atoms with Gasteiger partial charge in [-0.2, -0.15) is 0 Å². The van der Waals surface area contributed by atoms with Crippen molar-refractivity contribution in [2.24, 2.45) is 0 Å². The minimum absolute atomic E-state index is 0.162. The van der Waals surface area contributed by atoms with Gasteiger partial charge in [-0.3, -0.25) is 0 Å². The molecule has 0 aliphatic rings. The highest BCUT2D eigenvalue weighted by molar-refractivity contribution is 5.18. The Morgan fingerprint density at radius 3 is 1.83 bits per heavy atom. The Kier molecular flexibility index (Phi) is 13.5. The maximum atomic E-state index is 5.47. The summed E-state index contributed by atoms with van der Waals surface area (Å²) in [6.07, 6.45) is 6.06. The van der Waals surface area contributed by atoms with Gasteiger partial charge in [-0.15, -0.1) is 0 Å². The Bertz CT molecular complexity index is 658. The van der Waals surface area contributed by atoms with E-state index in [1.54, 1.807) is 12.4 Å². The molecule has 2 rings (SSSR count). The maximum absolute atomic E-state index is 5.47. The third kappa shape index (κ3) is 12.4. The first-order valence-corrected chi connectivity index (χ1v) is 10.8. The van der Waals surface area contributed by atoms with Crippen molar-refractivity contribution in [1.29, 1.82) is 0 Å². The molecule has 2 aromatic heterocycles. The third-order valence-electron chi connectivity index (χ3n) is 3.61. The molecule has 6 heteroatoms. The number of nitrogens with zero attached hydrogens (tertiary/aromatic N) is 2. The molecule has 0 amide bonds. The maximum Gasteiger partial charge on any atom is 0.213 e. The van der Waals surface area contributed by atoms with E-state index in [0.717, 1.165) is 37.2 Å². The molecular formula is C24H38N2O4. The van der Waals surface area contributed by atoms with Crippen LogP contribution in [-0.2, 0) is 22.7 Å². The van der Waals surface area contributed by atoms with Crippen LogP contribution in [0.3, 0.4) is 0 Å². The third-order valence-corrected chi connectivity index (χ3v) is 3.61. The SMILES string of the molecule is CC(C)OCc1ccc(OC(C)C)nc1.CCCOCc1ccc(OCCC)nc1. The zero-order chi connectivity index (χ0) is 22.2. The summed E-state index contributed by atoms with van der Waals surface area (Å²) in [5.74, 6) is 1.36. The summed E-state index contributed by atoms with van der Waals surface area (Å²) in [6.45, 7) is 14.9. The van der Waals surface area contributed by atoms with E-state index in [0.29, 0.717) is 25.0 Å². The average molecular weight is 419 g/mol. The number of hydrogen-bond acceptors (Lipinski definition) is 6. The van der Waals surface area contributed by atoms with E-state index < -0.39 is 0 Å². The minimum atomic E-state index is 0.162. The highest BCUT2D eigenvalue weighted by Crippen LogP contribution is 2.11. The van der Waals surface area contributed by atoms with E-state index in [1.807, 2.05) is 52.0 Å². The van der Waals surface area contributed by atoms with E-state index in [2.05, 4.69) is 23.8 Å². The first kappa shape index (κ1) is 25.9. The standard InChI is InChI=1S/2C12H19NO2/c1-9(2)14-8-11-5-6-12(13-7-11)15-10(3)4;1-3-7-14-10-11-5-6-12(13-9-11)15-8-4-2/h5-7,9-10H,8H2,1-4H3;5-6,9H,3-4,7-8,10H2,1-2H3. The number of pyridine rings is 2.